The zero-order chi connectivity index (χ0) is 15.0. The average molecular weight is 281 g/mol. The van der Waals surface area contributed by atoms with Crippen LogP contribution >= 0.6 is 0 Å². The van der Waals surface area contributed by atoms with Crippen LogP contribution in [-0.4, -0.2) is 16.6 Å². The van der Waals surface area contributed by atoms with Crippen LogP contribution in [0.4, 0.5) is 5.69 Å². The Morgan fingerprint density at radius 1 is 1.40 bits per heavy atom. The molecular formula is C15H23NO4. The van der Waals surface area contributed by atoms with Crippen molar-refractivity contribution >= 4 is 5.69 Å². The summed E-state index contributed by atoms with van der Waals surface area (Å²) in [6.07, 6.45) is 4.34. The highest BCUT2D eigenvalue weighted by Gasteiger charge is 2.17. The first-order valence-electron chi connectivity index (χ1n) is 7.13. The molecule has 0 fully saturated rings. The fraction of sp³-hybridized carbons (Fsp3) is 0.600. The molecule has 1 N–H and O–H groups in total. The Morgan fingerprint density at radius 2 is 2.15 bits per heavy atom. The number of aliphatic hydroxyl groups is 1. The van der Waals surface area contributed by atoms with E-state index < -0.39 is 4.92 Å². The molecule has 112 valence electrons. The molecule has 0 amide bonds. The second-order valence-corrected chi connectivity index (χ2v) is 4.94. The number of aliphatic hydroxyl groups excluding tert-OH is 1. The van der Waals surface area contributed by atoms with Crippen LogP contribution in [0.5, 0.6) is 5.75 Å². The SMILES string of the molecule is CCCCC(CC)COc1cc(CO)ccc1[N+](=O)[O-]. The maximum atomic E-state index is 11.0. The standard InChI is InChI=1S/C15H23NO4/c1-3-5-6-12(4-2)11-20-15-9-13(10-17)7-8-14(15)16(18)19/h7-9,12,17H,3-6,10-11H2,1-2H3. The molecule has 0 heterocycles. The second kappa shape index (κ2) is 8.53. The highest BCUT2D eigenvalue weighted by atomic mass is 16.6. The van der Waals surface area contributed by atoms with Gasteiger partial charge in [-0.05, 0) is 30.0 Å². The van der Waals surface area contributed by atoms with E-state index in [4.69, 9.17) is 9.84 Å². The Hall–Kier alpha value is -1.62. The Bertz CT molecular complexity index is 434. The normalized spacial score (nSPS) is 12.2. The first-order chi connectivity index (χ1) is 9.62. The monoisotopic (exact) mass is 281 g/mol. The lowest BCUT2D eigenvalue weighted by molar-refractivity contribution is -0.385. The average Bonchev–Trinajstić information content (AvgIpc) is 2.47. The van der Waals surface area contributed by atoms with Crippen molar-refractivity contribution in [3.05, 3.63) is 33.9 Å². The summed E-state index contributed by atoms with van der Waals surface area (Å²) in [6, 6.07) is 4.47. The van der Waals surface area contributed by atoms with Gasteiger partial charge in [0.15, 0.2) is 5.75 Å². The summed E-state index contributed by atoms with van der Waals surface area (Å²) in [7, 11) is 0. The molecule has 0 radical (unpaired) electrons. The summed E-state index contributed by atoms with van der Waals surface area (Å²) in [5, 5.41) is 20.1. The highest BCUT2D eigenvalue weighted by Crippen LogP contribution is 2.29. The molecule has 0 aromatic heterocycles. The van der Waals surface area contributed by atoms with Crippen LogP contribution in [0.1, 0.15) is 45.1 Å². The largest absolute Gasteiger partial charge is 0.487 e. The Labute approximate surface area is 119 Å². The number of hydrogen-bond acceptors (Lipinski definition) is 4. The molecule has 0 saturated carbocycles. The van der Waals surface area contributed by atoms with Crippen LogP contribution in [0.3, 0.4) is 0 Å². The molecule has 0 spiro atoms. The van der Waals surface area contributed by atoms with E-state index in [9.17, 15) is 10.1 Å². The number of rotatable bonds is 9. The molecule has 0 aliphatic rings. The van der Waals surface area contributed by atoms with Crippen molar-refractivity contribution in [1.82, 2.24) is 0 Å². The highest BCUT2D eigenvalue weighted by molar-refractivity contribution is 5.48. The summed E-state index contributed by atoms with van der Waals surface area (Å²) >= 11 is 0. The van der Waals surface area contributed by atoms with Crippen LogP contribution in [0.2, 0.25) is 0 Å². The minimum Gasteiger partial charge on any atom is -0.487 e. The molecule has 5 nitrogen and oxygen atoms in total. The number of nitro benzene ring substituents is 1. The second-order valence-electron chi connectivity index (χ2n) is 4.94. The predicted molar refractivity (Wildman–Crippen MR) is 77.8 cm³/mol. The molecule has 0 saturated heterocycles. The van der Waals surface area contributed by atoms with Crippen LogP contribution in [0, 0.1) is 16.0 Å². The van der Waals surface area contributed by atoms with Gasteiger partial charge in [0.1, 0.15) is 0 Å². The summed E-state index contributed by atoms with van der Waals surface area (Å²) in [5.74, 6) is 0.656. The number of hydrogen-bond donors (Lipinski definition) is 1. The van der Waals surface area contributed by atoms with E-state index in [0.717, 1.165) is 25.7 Å². The zero-order valence-electron chi connectivity index (χ0n) is 12.2. The third-order valence-electron chi connectivity index (χ3n) is 3.42. The zero-order valence-corrected chi connectivity index (χ0v) is 12.2. The van der Waals surface area contributed by atoms with E-state index in [0.29, 0.717) is 18.1 Å². The number of benzene rings is 1. The van der Waals surface area contributed by atoms with E-state index in [-0.39, 0.29) is 18.0 Å². The fourth-order valence-electron chi connectivity index (χ4n) is 2.03. The fourth-order valence-corrected chi connectivity index (χ4v) is 2.03. The smallest absolute Gasteiger partial charge is 0.310 e. The Morgan fingerprint density at radius 3 is 2.70 bits per heavy atom. The van der Waals surface area contributed by atoms with Crippen molar-refractivity contribution in [1.29, 1.82) is 0 Å². The van der Waals surface area contributed by atoms with Gasteiger partial charge in [0.25, 0.3) is 0 Å². The van der Waals surface area contributed by atoms with Gasteiger partial charge in [0.05, 0.1) is 18.1 Å². The lowest BCUT2D eigenvalue weighted by Gasteiger charge is -2.15. The van der Waals surface area contributed by atoms with E-state index in [1.54, 1.807) is 12.1 Å². The first-order valence-corrected chi connectivity index (χ1v) is 7.13. The minimum atomic E-state index is -0.455. The summed E-state index contributed by atoms with van der Waals surface area (Å²) in [5.41, 5.74) is 0.569. The number of unbranched alkanes of at least 4 members (excludes halogenated alkanes) is 1. The molecule has 0 aliphatic heterocycles. The van der Waals surface area contributed by atoms with Crippen molar-refractivity contribution < 1.29 is 14.8 Å². The Balaban J connectivity index is 2.76. The van der Waals surface area contributed by atoms with E-state index in [1.807, 2.05) is 0 Å². The first kappa shape index (κ1) is 16.4. The van der Waals surface area contributed by atoms with Gasteiger partial charge in [-0.1, -0.05) is 33.1 Å². The van der Waals surface area contributed by atoms with Gasteiger partial charge in [-0.25, -0.2) is 0 Å². The van der Waals surface area contributed by atoms with Crippen LogP contribution in [0.25, 0.3) is 0 Å². The van der Waals surface area contributed by atoms with Crippen molar-refractivity contribution in [3.63, 3.8) is 0 Å². The quantitative estimate of drug-likeness (QED) is 0.553. The van der Waals surface area contributed by atoms with Crippen LogP contribution < -0.4 is 4.74 Å². The third-order valence-corrected chi connectivity index (χ3v) is 3.42. The van der Waals surface area contributed by atoms with Crippen LogP contribution in [0.15, 0.2) is 18.2 Å². The molecule has 1 rings (SSSR count). The molecule has 0 aliphatic carbocycles. The van der Waals surface area contributed by atoms with Crippen molar-refractivity contribution in [2.75, 3.05) is 6.61 Å². The van der Waals surface area contributed by atoms with Crippen LogP contribution in [-0.2, 0) is 6.61 Å². The Kier molecular flexibility index (Phi) is 7.01. The minimum absolute atomic E-state index is 0.0486. The molecule has 5 heteroatoms. The molecule has 1 atom stereocenters. The van der Waals surface area contributed by atoms with Gasteiger partial charge in [-0.2, -0.15) is 0 Å². The van der Waals surface area contributed by atoms with Gasteiger partial charge in [0.2, 0.25) is 0 Å². The molecule has 1 aromatic rings. The summed E-state index contributed by atoms with van der Waals surface area (Å²) in [6.45, 7) is 4.57. The van der Waals surface area contributed by atoms with Gasteiger partial charge in [-0.3, -0.25) is 10.1 Å². The number of nitrogens with zero attached hydrogens (tertiary/aromatic N) is 1. The third kappa shape index (κ3) is 4.81. The van der Waals surface area contributed by atoms with E-state index in [1.165, 1.54) is 6.07 Å². The topological polar surface area (TPSA) is 72.6 Å². The van der Waals surface area contributed by atoms with E-state index in [2.05, 4.69) is 13.8 Å². The van der Waals surface area contributed by atoms with Crippen molar-refractivity contribution in [2.24, 2.45) is 5.92 Å². The molecule has 1 aromatic carbocycles. The number of nitro groups is 1. The molecule has 0 bridgehead atoms. The lowest BCUT2D eigenvalue weighted by atomic mass is 10.0. The van der Waals surface area contributed by atoms with Crippen molar-refractivity contribution in [3.8, 4) is 5.75 Å². The summed E-state index contributed by atoms with van der Waals surface area (Å²) < 4.78 is 5.64. The molecule has 1 unspecified atom stereocenters. The molecule has 20 heavy (non-hydrogen) atoms. The lowest BCUT2D eigenvalue weighted by Crippen LogP contribution is -2.12. The van der Waals surface area contributed by atoms with Gasteiger partial charge in [0, 0.05) is 6.07 Å². The summed E-state index contributed by atoms with van der Waals surface area (Å²) in [4.78, 5) is 10.5. The predicted octanol–water partition coefficient (Wildman–Crippen LogP) is 3.68. The van der Waals surface area contributed by atoms with Crippen molar-refractivity contribution in [2.45, 2.75) is 46.1 Å². The number of ether oxygens (including phenoxy) is 1. The van der Waals surface area contributed by atoms with Gasteiger partial charge >= 0.3 is 5.69 Å². The van der Waals surface area contributed by atoms with Gasteiger partial charge < -0.3 is 9.84 Å². The maximum Gasteiger partial charge on any atom is 0.310 e. The van der Waals surface area contributed by atoms with E-state index >= 15 is 0 Å². The molecular weight excluding hydrogens is 258 g/mol. The van der Waals surface area contributed by atoms with Gasteiger partial charge in [-0.15, -0.1) is 0 Å². The maximum absolute atomic E-state index is 11.0.